The molecule has 2 aliphatic rings. The highest BCUT2D eigenvalue weighted by molar-refractivity contribution is 6.03. The molecule has 0 N–H and O–H groups in total. The number of piperazine rings is 1. The summed E-state index contributed by atoms with van der Waals surface area (Å²) >= 11 is 0. The van der Waals surface area contributed by atoms with Gasteiger partial charge < -0.3 is 9.64 Å². The highest BCUT2D eigenvalue weighted by Crippen LogP contribution is 2.34. The van der Waals surface area contributed by atoms with Gasteiger partial charge in [-0.2, -0.15) is 5.10 Å². The van der Waals surface area contributed by atoms with E-state index in [-0.39, 0.29) is 11.9 Å². The molecule has 6 nitrogen and oxygen atoms in total. The number of likely N-dealkylation sites (N-methyl/N-ethyl adjacent to an activating group) is 1. The Bertz CT molecular complexity index is 950. The fraction of sp³-hybridized carbons (Fsp3) is 0.440. The smallest absolute Gasteiger partial charge is 0.257 e. The Morgan fingerprint density at radius 2 is 1.81 bits per heavy atom. The Morgan fingerprint density at radius 1 is 1.06 bits per heavy atom. The second-order valence-electron chi connectivity index (χ2n) is 8.36. The van der Waals surface area contributed by atoms with Crippen molar-refractivity contribution in [2.45, 2.75) is 26.3 Å². The third kappa shape index (κ3) is 4.97. The summed E-state index contributed by atoms with van der Waals surface area (Å²) in [4.78, 5) is 18.0. The normalized spacial score (nSPS) is 20.0. The summed E-state index contributed by atoms with van der Waals surface area (Å²) in [6.07, 6.45) is 0.700. The third-order valence-electron chi connectivity index (χ3n) is 6.27. The summed E-state index contributed by atoms with van der Waals surface area (Å²) in [6, 6.07) is 16.2. The van der Waals surface area contributed by atoms with Crippen LogP contribution in [0.5, 0.6) is 5.75 Å². The van der Waals surface area contributed by atoms with Crippen LogP contribution in [0.15, 0.2) is 53.6 Å². The lowest BCUT2D eigenvalue weighted by Gasteiger charge is -2.34. The summed E-state index contributed by atoms with van der Waals surface area (Å²) in [6.45, 7) is 9.61. The van der Waals surface area contributed by atoms with Gasteiger partial charge >= 0.3 is 0 Å². The molecule has 6 heteroatoms. The molecule has 31 heavy (non-hydrogen) atoms. The van der Waals surface area contributed by atoms with Crippen molar-refractivity contribution < 1.29 is 9.53 Å². The van der Waals surface area contributed by atoms with E-state index in [1.807, 2.05) is 24.3 Å². The minimum Gasteiger partial charge on any atom is -0.497 e. The maximum Gasteiger partial charge on any atom is 0.257 e. The van der Waals surface area contributed by atoms with Gasteiger partial charge in [0.25, 0.3) is 5.91 Å². The number of hydrogen-bond donors (Lipinski definition) is 0. The van der Waals surface area contributed by atoms with E-state index in [2.05, 4.69) is 47.9 Å². The molecule has 0 spiro atoms. The lowest BCUT2D eigenvalue weighted by Crippen LogP contribution is -2.49. The molecular formula is C25H32N4O2. The van der Waals surface area contributed by atoms with Gasteiger partial charge in [-0.25, -0.2) is 5.01 Å². The van der Waals surface area contributed by atoms with Crippen LogP contribution in [0.2, 0.25) is 0 Å². The van der Waals surface area contributed by atoms with Gasteiger partial charge in [0.15, 0.2) is 0 Å². The number of nitrogens with zero attached hydrogens (tertiary/aromatic N) is 4. The van der Waals surface area contributed by atoms with E-state index in [4.69, 9.17) is 9.84 Å². The first kappa shape index (κ1) is 21.5. The molecule has 1 atom stereocenters. The molecule has 2 aromatic rings. The van der Waals surface area contributed by atoms with E-state index in [9.17, 15) is 4.79 Å². The maximum absolute atomic E-state index is 13.4. The molecule has 1 amide bonds. The standard InChI is InChI=1S/C25H32N4O2/c1-4-27-11-13-28(14-12-27)18-25(30)29-24(21-9-6-10-22(16-21)31-3)17-23(26-29)20-8-5-7-19(2)15-20/h5-10,15-16,24H,4,11-14,17-18H2,1-3H3. The van der Waals surface area contributed by atoms with E-state index in [0.717, 1.165) is 55.3 Å². The zero-order valence-electron chi connectivity index (χ0n) is 18.8. The first-order valence-electron chi connectivity index (χ1n) is 11.1. The van der Waals surface area contributed by atoms with Crippen LogP contribution in [0, 0.1) is 6.92 Å². The lowest BCUT2D eigenvalue weighted by atomic mass is 9.97. The van der Waals surface area contributed by atoms with Gasteiger partial charge in [0, 0.05) is 32.6 Å². The van der Waals surface area contributed by atoms with Crippen molar-refractivity contribution in [3.8, 4) is 5.75 Å². The first-order chi connectivity index (χ1) is 15.1. The van der Waals surface area contributed by atoms with E-state index >= 15 is 0 Å². The SMILES string of the molecule is CCN1CCN(CC(=O)N2N=C(c3cccc(C)c3)CC2c2cccc(OC)c2)CC1. The second kappa shape index (κ2) is 9.62. The van der Waals surface area contributed by atoms with Crippen molar-refractivity contribution in [1.82, 2.24) is 14.8 Å². The van der Waals surface area contributed by atoms with Gasteiger partial charge in [-0.05, 0) is 36.7 Å². The number of ether oxygens (including phenoxy) is 1. The number of amides is 1. The average molecular weight is 421 g/mol. The highest BCUT2D eigenvalue weighted by atomic mass is 16.5. The Morgan fingerprint density at radius 3 is 2.52 bits per heavy atom. The summed E-state index contributed by atoms with van der Waals surface area (Å²) < 4.78 is 5.43. The fourth-order valence-electron chi connectivity index (χ4n) is 4.38. The van der Waals surface area contributed by atoms with Gasteiger partial charge in [0.05, 0.1) is 25.4 Å². The van der Waals surface area contributed by atoms with Crippen molar-refractivity contribution >= 4 is 11.6 Å². The molecule has 1 unspecified atom stereocenters. The summed E-state index contributed by atoms with van der Waals surface area (Å²) in [5.41, 5.74) is 4.28. The van der Waals surface area contributed by atoms with Crippen LogP contribution in [0.3, 0.4) is 0 Å². The van der Waals surface area contributed by atoms with E-state index in [1.54, 1.807) is 12.1 Å². The van der Waals surface area contributed by atoms with Crippen molar-refractivity contribution in [3.63, 3.8) is 0 Å². The second-order valence-corrected chi connectivity index (χ2v) is 8.36. The number of aryl methyl sites for hydroxylation is 1. The molecular weight excluding hydrogens is 388 g/mol. The number of hydrazone groups is 1. The zero-order valence-corrected chi connectivity index (χ0v) is 18.8. The number of benzene rings is 2. The molecule has 0 saturated carbocycles. The summed E-state index contributed by atoms with van der Waals surface area (Å²) in [5.74, 6) is 0.852. The average Bonchev–Trinajstić information content (AvgIpc) is 3.25. The van der Waals surface area contributed by atoms with Gasteiger partial charge in [-0.15, -0.1) is 0 Å². The van der Waals surface area contributed by atoms with Crippen LogP contribution in [-0.2, 0) is 4.79 Å². The molecule has 0 aliphatic carbocycles. The molecule has 2 aliphatic heterocycles. The van der Waals surface area contributed by atoms with Gasteiger partial charge in [-0.1, -0.05) is 48.9 Å². The Balaban J connectivity index is 1.57. The predicted molar refractivity (Wildman–Crippen MR) is 123 cm³/mol. The summed E-state index contributed by atoms with van der Waals surface area (Å²) in [5, 5.41) is 6.54. The number of hydrogen-bond acceptors (Lipinski definition) is 5. The van der Waals surface area contributed by atoms with Gasteiger partial charge in [0.1, 0.15) is 5.75 Å². The van der Waals surface area contributed by atoms with Crippen molar-refractivity contribution in [2.75, 3.05) is 46.4 Å². The van der Waals surface area contributed by atoms with Gasteiger partial charge in [-0.3, -0.25) is 9.69 Å². The van der Waals surface area contributed by atoms with Crippen LogP contribution in [0.25, 0.3) is 0 Å². The molecule has 4 rings (SSSR count). The number of carbonyl (C=O) groups excluding carboxylic acids is 1. The van der Waals surface area contributed by atoms with Crippen LogP contribution in [-0.4, -0.2) is 72.8 Å². The first-order valence-corrected chi connectivity index (χ1v) is 11.1. The summed E-state index contributed by atoms with van der Waals surface area (Å²) in [7, 11) is 1.67. The number of methoxy groups -OCH3 is 1. The van der Waals surface area contributed by atoms with Crippen molar-refractivity contribution in [3.05, 3.63) is 65.2 Å². The molecule has 2 heterocycles. The lowest BCUT2D eigenvalue weighted by molar-refractivity contribution is -0.134. The van der Waals surface area contributed by atoms with E-state index < -0.39 is 0 Å². The van der Waals surface area contributed by atoms with E-state index in [1.165, 1.54) is 5.56 Å². The molecule has 0 bridgehead atoms. The quantitative estimate of drug-likeness (QED) is 0.719. The molecule has 1 saturated heterocycles. The fourth-order valence-corrected chi connectivity index (χ4v) is 4.38. The molecule has 2 aromatic carbocycles. The number of rotatable bonds is 6. The zero-order chi connectivity index (χ0) is 21.8. The molecule has 0 aromatic heterocycles. The molecule has 1 fully saturated rings. The van der Waals surface area contributed by atoms with Crippen molar-refractivity contribution in [2.24, 2.45) is 5.10 Å². The monoisotopic (exact) mass is 420 g/mol. The van der Waals surface area contributed by atoms with Crippen LogP contribution < -0.4 is 4.74 Å². The molecule has 164 valence electrons. The van der Waals surface area contributed by atoms with Crippen LogP contribution in [0.1, 0.15) is 36.1 Å². The Kier molecular flexibility index (Phi) is 6.68. The Labute approximate surface area is 185 Å². The predicted octanol–water partition coefficient (Wildman–Crippen LogP) is 3.32. The highest BCUT2D eigenvalue weighted by Gasteiger charge is 2.34. The largest absolute Gasteiger partial charge is 0.497 e. The maximum atomic E-state index is 13.4. The van der Waals surface area contributed by atoms with E-state index in [0.29, 0.717) is 13.0 Å². The minimum atomic E-state index is -0.116. The topological polar surface area (TPSA) is 48.4 Å². The molecule has 0 radical (unpaired) electrons. The Hall–Kier alpha value is -2.70. The van der Waals surface area contributed by atoms with Crippen molar-refractivity contribution in [1.29, 1.82) is 0 Å². The van der Waals surface area contributed by atoms with Gasteiger partial charge in [0.2, 0.25) is 0 Å². The number of carbonyl (C=O) groups is 1. The van der Waals surface area contributed by atoms with Crippen LogP contribution >= 0.6 is 0 Å². The van der Waals surface area contributed by atoms with Crippen LogP contribution in [0.4, 0.5) is 0 Å². The minimum absolute atomic E-state index is 0.0559. The third-order valence-corrected chi connectivity index (χ3v) is 6.27.